The number of ether oxygens (including phenoxy) is 7. The lowest BCUT2D eigenvalue weighted by Crippen LogP contribution is -2.67. The number of fused-ring (bicyclic) bond motifs is 7. The zero-order valence-electron chi connectivity index (χ0n) is 36.7. The van der Waals surface area contributed by atoms with E-state index in [1.54, 1.807) is 6.08 Å². The molecule has 334 valence electrons. The Labute approximate surface area is 368 Å². The van der Waals surface area contributed by atoms with Crippen LogP contribution in [0.25, 0.3) is 6.08 Å². The van der Waals surface area contributed by atoms with Crippen molar-refractivity contribution >= 4 is 45.8 Å². The summed E-state index contributed by atoms with van der Waals surface area (Å²) in [6.45, 7) is 13.9. The molecule has 3 aliphatic heterocycles. The van der Waals surface area contributed by atoms with Gasteiger partial charge in [-0.3, -0.25) is 19.2 Å². The lowest BCUT2D eigenvalue weighted by atomic mass is 9.47. The molecule has 3 heterocycles. The van der Waals surface area contributed by atoms with Crippen LogP contribution in [0.1, 0.15) is 112 Å². The van der Waals surface area contributed by atoms with Gasteiger partial charge in [-0.25, -0.2) is 0 Å². The molecule has 1 aromatic rings. The molecule has 4 aliphatic carbocycles. The Bertz CT molecular complexity index is 1910. The van der Waals surface area contributed by atoms with Crippen LogP contribution in [0.15, 0.2) is 46.5 Å². The van der Waals surface area contributed by atoms with Crippen molar-refractivity contribution in [3.05, 3.63) is 52.0 Å². The maximum atomic E-state index is 13.6. The van der Waals surface area contributed by atoms with Gasteiger partial charge in [0.25, 0.3) is 0 Å². The number of allylic oxidation sites excluding steroid dienone is 1. The summed E-state index contributed by atoms with van der Waals surface area (Å²) < 4.78 is 44.7. The maximum absolute atomic E-state index is 13.6. The molecule has 8 rings (SSSR count). The summed E-state index contributed by atoms with van der Waals surface area (Å²) in [5, 5.41) is 2.96. The van der Waals surface area contributed by atoms with Gasteiger partial charge in [0.05, 0.1) is 18.8 Å². The number of rotatable bonds is 9. The Kier molecular flexibility index (Phi) is 12.7. The number of esters is 3. The average molecular weight is 911 g/mol. The Hall–Kier alpha value is -3.10. The number of hydrogen-bond donors (Lipinski definition) is 1. The van der Waals surface area contributed by atoms with E-state index in [9.17, 15) is 19.2 Å². The van der Waals surface area contributed by atoms with Gasteiger partial charge in [-0.15, -0.1) is 0 Å². The highest BCUT2D eigenvalue weighted by Gasteiger charge is 2.69. The number of carbonyl (C=O) groups excluding carboxylic acids is 4. The Balaban J connectivity index is 1.02. The lowest BCUT2D eigenvalue weighted by molar-refractivity contribution is -0.289. The van der Waals surface area contributed by atoms with Crippen molar-refractivity contribution in [2.45, 2.75) is 155 Å². The summed E-state index contributed by atoms with van der Waals surface area (Å²) in [5.41, 5.74) is 2.44. The van der Waals surface area contributed by atoms with E-state index in [0.717, 1.165) is 55.2 Å². The van der Waals surface area contributed by atoms with Crippen LogP contribution in [0.3, 0.4) is 0 Å². The maximum Gasteiger partial charge on any atom is 0.303 e. The number of benzene rings is 1. The highest BCUT2D eigenvalue weighted by molar-refractivity contribution is 9.10. The van der Waals surface area contributed by atoms with E-state index in [1.807, 2.05) is 24.3 Å². The largest absolute Gasteiger partial charge is 0.463 e. The third kappa shape index (κ3) is 8.64. The van der Waals surface area contributed by atoms with Crippen LogP contribution >= 0.6 is 15.9 Å². The van der Waals surface area contributed by atoms with Crippen molar-refractivity contribution in [2.75, 3.05) is 13.2 Å². The van der Waals surface area contributed by atoms with E-state index >= 15 is 0 Å². The molecule has 1 amide bonds. The molecule has 0 radical (unpaired) electrons. The Morgan fingerprint density at radius 3 is 2.43 bits per heavy atom. The fourth-order valence-electron chi connectivity index (χ4n) is 13.1. The summed E-state index contributed by atoms with van der Waals surface area (Å²) in [6.07, 6.45) is 9.95. The van der Waals surface area contributed by atoms with Gasteiger partial charge >= 0.3 is 17.9 Å². The van der Waals surface area contributed by atoms with Gasteiger partial charge in [0, 0.05) is 43.7 Å². The molecule has 3 saturated carbocycles. The van der Waals surface area contributed by atoms with Gasteiger partial charge in [-0.1, -0.05) is 67.4 Å². The minimum atomic E-state index is -1.22. The normalized spacial score (nSPS) is 42.7. The SMILES string of the molecule is CC(=O)OC[C@H]1O[C@@H](O[C@H]2CC[C@@]3(C)C(=CC[C@H]4[C@@H]5C[C@@H]6O[C@]7(CC[C@@H](C)CO7)[C@@H](C)[C@@H]6[C@@]5(C)CC[C@@H]43)C2)[C@H](NC(=O)/C=C/c2cccc(Br)c2)[C@@H](OC(C)=O)[C@@H]1OC(C)=O. The molecule has 1 aromatic carbocycles. The fraction of sp³-hybridized carbons (Fsp3) is 0.708. The molecule has 0 aromatic heterocycles. The lowest BCUT2D eigenvalue weighted by Gasteiger charge is -2.58. The van der Waals surface area contributed by atoms with Gasteiger partial charge in [-0.05, 0) is 116 Å². The van der Waals surface area contributed by atoms with Crippen LogP contribution in [-0.4, -0.2) is 85.7 Å². The average Bonchev–Trinajstić information content (AvgIpc) is 3.65. The van der Waals surface area contributed by atoms with Crippen LogP contribution in [0.4, 0.5) is 0 Å². The van der Waals surface area contributed by atoms with Crippen molar-refractivity contribution in [1.29, 1.82) is 0 Å². The van der Waals surface area contributed by atoms with Crippen LogP contribution in [0.5, 0.6) is 0 Å². The second kappa shape index (κ2) is 17.5. The molecule has 1 spiro atoms. The van der Waals surface area contributed by atoms with E-state index in [1.165, 1.54) is 45.3 Å². The molecule has 1 N–H and O–H groups in total. The number of halogens is 1. The zero-order chi connectivity index (χ0) is 43.4. The highest BCUT2D eigenvalue weighted by Crippen LogP contribution is 2.70. The van der Waals surface area contributed by atoms with Crippen molar-refractivity contribution < 1.29 is 52.3 Å². The van der Waals surface area contributed by atoms with Crippen molar-refractivity contribution in [2.24, 2.45) is 46.3 Å². The minimum absolute atomic E-state index is 0.0228. The summed E-state index contributed by atoms with van der Waals surface area (Å²) in [5.74, 6) is 0.437. The predicted molar refractivity (Wildman–Crippen MR) is 228 cm³/mol. The number of amides is 1. The molecule has 3 saturated heterocycles. The molecule has 12 nitrogen and oxygen atoms in total. The quantitative estimate of drug-likeness (QED) is 0.112. The van der Waals surface area contributed by atoms with E-state index in [4.69, 9.17) is 33.2 Å². The van der Waals surface area contributed by atoms with Crippen LogP contribution in [-0.2, 0) is 52.3 Å². The summed E-state index contributed by atoms with van der Waals surface area (Å²) >= 11 is 3.46. The molecule has 0 bridgehead atoms. The van der Waals surface area contributed by atoms with Crippen molar-refractivity contribution in [3.8, 4) is 0 Å². The van der Waals surface area contributed by atoms with Gasteiger partial charge in [-0.2, -0.15) is 0 Å². The van der Waals surface area contributed by atoms with E-state index in [2.05, 4.69) is 55.0 Å². The topological polar surface area (TPSA) is 145 Å². The van der Waals surface area contributed by atoms with Gasteiger partial charge in [0.15, 0.2) is 24.3 Å². The van der Waals surface area contributed by atoms with Crippen LogP contribution in [0, 0.1) is 46.3 Å². The monoisotopic (exact) mass is 909 g/mol. The van der Waals surface area contributed by atoms with Crippen molar-refractivity contribution in [3.63, 3.8) is 0 Å². The molecular weight excluding hydrogens is 846 g/mol. The number of nitrogens with one attached hydrogen (secondary N) is 1. The van der Waals surface area contributed by atoms with Crippen molar-refractivity contribution in [1.82, 2.24) is 5.32 Å². The van der Waals surface area contributed by atoms with Crippen LogP contribution < -0.4 is 5.32 Å². The van der Waals surface area contributed by atoms with E-state index in [-0.39, 0.29) is 29.6 Å². The highest BCUT2D eigenvalue weighted by atomic mass is 79.9. The smallest absolute Gasteiger partial charge is 0.303 e. The van der Waals surface area contributed by atoms with Crippen LogP contribution in [0.2, 0.25) is 0 Å². The third-order valence-electron chi connectivity index (χ3n) is 15.9. The molecule has 13 heteroatoms. The fourth-order valence-corrected chi connectivity index (χ4v) is 13.5. The second-order valence-corrected chi connectivity index (χ2v) is 20.6. The Morgan fingerprint density at radius 2 is 1.72 bits per heavy atom. The Morgan fingerprint density at radius 1 is 0.951 bits per heavy atom. The molecule has 7 aliphatic rings. The van der Waals surface area contributed by atoms with E-state index in [0.29, 0.717) is 41.9 Å². The zero-order valence-corrected chi connectivity index (χ0v) is 38.3. The first-order valence-electron chi connectivity index (χ1n) is 22.5. The first-order chi connectivity index (χ1) is 29.0. The number of hydrogen-bond acceptors (Lipinski definition) is 11. The summed E-state index contributed by atoms with van der Waals surface area (Å²) in [4.78, 5) is 50.7. The third-order valence-corrected chi connectivity index (χ3v) is 16.4. The molecule has 0 unspecified atom stereocenters. The second-order valence-electron chi connectivity index (χ2n) is 19.7. The summed E-state index contributed by atoms with van der Waals surface area (Å²) in [6, 6.07) is 6.41. The standard InChI is InChI=1S/C48H64BrNO11/c1-26-15-20-48(56-24-26)27(2)41-38(61-48)23-37-35-13-12-32-22-34(16-18-46(32,6)36(35)17-19-47(37,41)7)59-45-42(50-40(54)14-11-31-9-8-10-33(49)21-31)44(58-30(5)53)43(57-29(4)52)39(60-45)25-55-28(3)51/h8-12,14,21,26-27,34-39,41-45H,13,15-20,22-25H2,1-7H3,(H,50,54)/b14-11+/t26-,27+,34+,35-,36+,37+,38+,39-,41+,42-,43-,44-,45-,46+,47+,48-/m1/s1. The van der Waals surface area contributed by atoms with Gasteiger partial charge in [0.1, 0.15) is 18.8 Å². The molecule has 61 heavy (non-hydrogen) atoms. The minimum Gasteiger partial charge on any atom is -0.463 e. The molecular formula is C48H64BrNO11. The predicted octanol–water partition coefficient (Wildman–Crippen LogP) is 7.85. The molecule has 16 atom stereocenters. The molecule has 6 fully saturated rings. The first kappa shape index (κ1) is 44.5. The van der Waals surface area contributed by atoms with Gasteiger partial charge < -0.3 is 38.5 Å². The van der Waals surface area contributed by atoms with Gasteiger partial charge in [0.2, 0.25) is 5.91 Å². The summed E-state index contributed by atoms with van der Waals surface area (Å²) in [7, 11) is 0. The van der Waals surface area contributed by atoms with E-state index < -0.39 is 60.2 Å². The number of carbonyl (C=O) groups is 4. The first-order valence-corrected chi connectivity index (χ1v) is 23.3.